The lowest BCUT2D eigenvalue weighted by atomic mass is 9.99. The molecule has 2 atom stereocenters. The van der Waals surface area contributed by atoms with E-state index >= 15 is 0 Å². The van der Waals surface area contributed by atoms with E-state index < -0.39 is 0 Å². The van der Waals surface area contributed by atoms with E-state index in [1.165, 1.54) is 12.8 Å². The van der Waals surface area contributed by atoms with Crippen molar-refractivity contribution < 1.29 is 14.3 Å². The molecule has 1 amide bonds. The number of methoxy groups -OCH3 is 2. The fraction of sp³-hybridized carbons (Fsp3) is 0.562. The Kier molecular flexibility index (Phi) is 5.44. The van der Waals surface area contributed by atoms with E-state index in [2.05, 4.69) is 10.6 Å². The fourth-order valence-corrected chi connectivity index (χ4v) is 2.76. The molecule has 5 nitrogen and oxygen atoms in total. The van der Waals surface area contributed by atoms with Crippen molar-refractivity contribution in [3.63, 3.8) is 0 Å². The third kappa shape index (κ3) is 3.67. The van der Waals surface area contributed by atoms with Crippen LogP contribution >= 0.6 is 0 Å². The number of carbonyl (C=O) groups excluding carboxylic acids is 1. The third-order valence-electron chi connectivity index (χ3n) is 3.96. The highest BCUT2D eigenvalue weighted by Gasteiger charge is 2.23. The quantitative estimate of drug-likeness (QED) is 0.871. The molecule has 0 radical (unpaired) electrons. The Morgan fingerprint density at radius 3 is 2.76 bits per heavy atom. The van der Waals surface area contributed by atoms with Crippen LogP contribution < -0.4 is 20.1 Å². The van der Waals surface area contributed by atoms with Crippen molar-refractivity contribution in [2.24, 2.45) is 0 Å². The first-order chi connectivity index (χ1) is 10.2. The Labute approximate surface area is 126 Å². The molecule has 1 saturated heterocycles. The van der Waals surface area contributed by atoms with Gasteiger partial charge in [0.2, 0.25) is 0 Å². The molecule has 1 aliphatic rings. The Morgan fingerprint density at radius 2 is 2.14 bits per heavy atom. The van der Waals surface area contributed by atoms with Gasteiger partial charge in [-0.3, -0.25) is 4.79 Å². The van der Waals surface area contributed by atoms with E-state index in [9.17, 15) is 4.79 Å². The summed E-state index contributed by atoms with van der Waals surface area (Å²) in [6.45, 7) is 3.06. The highest BCUT2D eigenvalue weighted by Crippen LogP contribution is 2.30. The first kappa shape index (κ1) is 15.6. The molecule has 0 aliphatic carbocycles. The molecule has 1 fully saturated rings. The van der Waals surface area contributed by atoms with Gasteiger partial charge in [0, 0.05) is 12.1 Å². The predicted octanol–water partition coefficient (Wildman–Crippen LogP) is 1.96. The lowest BCUT2D eigenvalue weighted by Crippen LogP contribution is -2.50. The van der Waals surface area contributed by atoms with Gasteiger partial charge < -0.3 is 20.1 Å². The monoisotopic (exact) mass is 292 g/mol. The Bertz CT molecular complexity index is 484. The van der Waals surface area contributed by atoms with E-state index in [4.69, 9.17) is 9.47 Å². The fourth-order valence-electron chi connectivity index (χ4n) is 2.76. The number of hydrogen-bond donors (Lipinski definition) is 2. The molecule has 2 N–H and O–H groups in total. The van der Waals surface area contributed by atoms with Gasteiger partial charge in [0.25, 0.3) is 5.91 Å². The molecule has 5 heteroatoms. The average Bonchev–Trinajstić information content (AvgIpc) is 2.54. The number of ether oxygens (including phenoxy) is 2. The highest BCUT2D eigenvalue weighted by atomic mass is 16.5. The number of amides is 1. The predicted molar refractivity (Wildman–Crippen MR) is 82.1 cm³/mol. The van der Waals surface area contributed by atoms with Gasteiger partial charge in [-0.05, 0) is 38.4 Å². The van der Waals surface area contributed by atoms with Crippen LogP contribution in [0.2, 0.25) is 0 Å². The van der Waals surface area contributed by atoms with E-state index in [0.29, 0.717) is 23.1 Å². The molecule has 1 heterocycles. The van der Waals surface area contributed by atoms with E-state index in [-0.39, 0.29) is 11.9 Å². The van der Waals surface area contributed by atoms with Crippen LogP contribution in [0.4, 0.5) is 0 Å². The Balaban J connectivity index is 2.09. The summed E-state index contributed by atoms with van der Waals surface area (Å²) in [5.74, 6) is 0.903. The van der Waals surface area contributed by atoms with Crippen molar-refractivity contribution in [3.8, 4) is 11.5 Å². The normalized spacial score (nSPS) is 19.7. The van der Waals surface area contributed by atoms with Gasteiger partial charge in [-0.25, -0.2) is 0 Å². The van der Waals surface area contributed by atoms with Crippen LogP contribution in [0.5, 0.6) is 11.5 Å². The largest absolute Gasteiger partial charge is 0.493 e. The summed E-state index contributed by atoms with van der Waals surface area (Å²) in [6.07, 6.45) is 3.51. The van der Waals surface area contributed by atoms with Gasteiger partial charge in [0.1, 0.15) is 0 Å². The summed E-state index contributed by atoms with van der Waals surface area (Å²) in [5, 5.41) is 6.51. The van der Waals surface area contributed by atoms with E-state index in [1.54, 1.807) is 32.4 Å². The smallest absolute Gasteiger partial charge is 0.255 e. The molecule has 1 aliphatic heterocycles. The van der Waals surface area contributed by atoms with Crippen molar-refractivity contribution in [2.75, 3.05) is 20.8 Å². The van der Waals surface area contributed by atoms with Crippen molar-refractivity contribution >= 4 is 5.91 Å². The number of para-hydroxylation sites is 1. The van der Waals surface area contributed by atoms with Crippen LogP contribution in [0.15, 0.2) is 18.2 Å². The molecule has 1 aromatic carbocycles. The van der Waals surface area contributed by atoms with E-state index in [1.807, 2.05) is 6.92 Å². The number of hydrogen-bond acceptors (Lipinski definition) is 4. The second-order valence-corrected chi connectivity index (χ2v) is 5.36. The minimum atomic E-state index is -0.134. The van der Waals surface area contributed by atoms with Gasteiger partial charge in [-0.1, -0.05) is 12.5 Å². The van der Waals surface area contributed by atoms with Gasteiger partial charge in [0.15, 0.2) is 11.5 Å². The summed E-state index contributed by atoms with van der Waals surface area (Å²) in [5.41, 5.74) is 0.500. The molecular formula is C16H24N2O3. The first-order valence-electron chi connectivity index (χ1n) is 7.42. The van der Waals surface area contributed by atoms with Crippen molar-refractivity contribution in [3.05, 3.63) is 23.8 Å². The molecule has 2 unspecified atom stereocenters. The van der Waals surface area contributed by atoms with Gasteiger partial charge in [-0.2, -0.15) is 0 Å². The van der Waals surface area contributed by atoms with Crippen molar-refractivity contribution in [1.82, 2.24) is 10.6 Å². The van der Waals surface area contributed by atoms with Gasteiger partial charge in [-0.15, -0.1) is 0 Å². The molecule has 0 aromatic heterocycles. The van der Waals surface area contributed by atoms with E-state index in [0.717, 1.165) is 13.0 Å². The molecular weight excluding hydrogens is 268 g/mol. The summed E-state index contributed by atoms with van der Waals surface area (Å²) >= 11 is 0. The third-order valence-corrected chi connectivity index (χ3v) is 3.96. The van der Waals surface area contributed by atoms with Crippen molar-refractivity contribution in [2.45, 2.75) is 38.3 Å². The van der Waals surface area contributed by atoms with Crippen LogP contribution in [0.25, 0.3) is 0 Å². The molecule has 0 spiro atoms. The second-order valence-electron chi connectivity index (χ2n) is 5.36. The Morgan fingerprint density at radius 1 is 1.33 bits per heavy atom. The zero-order valence-corrected chi connectivity index (χ0v) is 12.9. The zero-order chi connectivity index (χ0) is 15.2. The number of nitrogens with one attached hydrogen (secondary N) is 2. The van der Waals surface area contributed by atoms with Crippen LogP contribution in [-0.2, 0) is 0 Å². The summed E-state index contributed by atoms with van der Waals surface area (Å²) < 4.78 is 10.5. The second kappa shape index (κ2) is 7.31. The summed E-state index contributed by atoms with van der Waals surface area (Å²) in [6, 6.07) is 5.73. The lowest BCUT2D eigenvalue weighted by molar-refractivity contribution is 0.0924. The average molecular weight is 292 g/mol. The van der Waals surface area contributed by atoms with Gasteiger partial charge in [0.05, 0.1) is 19.8 Å². The maximum absolute atomic E-state index is 12.5. The SMILES string of the molecule is COc1cccc(C(=O)NC(C)C2CCCCN2)c1OC. The minimum absolute atomic E-state index is 0.0775. The Hall–Kier alpha value is -1.75. The molecule has 116 valence electrons. The van der Waals surface area contributed by atoms with Crippen LogP contribution in [0.3, 0.4) is 0 Å². The standard InChI is InChI=1S/C16H24N2O3/c1-11(13-8-4-5-10-17-13)18-16(19)12-7-6-9-14(20-2)15(12)21-3/h6-7,9,11,13,17H,4-5,8,10H2,1-3H3,(H,18,19). The zero-order valence-electron chi connectivity index (χ0n) is 12.9. The molecule has 0 bridgehead atoms. The number of piperidine rings is 1. The van der Waals surface area contributed by atoms with Crippen LogP contribution in [0, 0.1) is 0 Å². The molecule has 0 saturated carbocycles. The maximum Gasteiger partial charge on any atom is 0.255 e. The van der Waals surface area contributed by atoms with Crippen LogP contribution in [-0.4, -0.2) is 38.8 Å². The molecule has 21 heavy (non-hydrogen) atoms. The summed E-state index contributed by atoms with van der Waals surface area (Å²) in [4.78, 5) is 12.5. The molecule has 2 rings (SSSR count). The summed E-state index contributed by atoms with van der Waals surface area (Å²) in [7, 11) is 3.11. The first-order valence-corrected chi connectivity index (χ1v) is 7.42. The van der Waals surface area contributed by atoms with Crippen molar-refractivity contribution in [1.29, 1.82) is 0 Å². The van der Waals surface area contributed by atoms with Gasteiger partial charge >= 0.3 is 0 Å². The number of carbonyl (C=O) groups is 1. The highest BCUT2D eigenvalue weighted by molar-refractivity contribution is 5.98. The lowest BCUT2D eigenvalue weighted by Gasteiger charge is -2.29. The van der Waals surface area contributed by atoms with Crippen LogP contribution in [0.1, 0.15) is 36.5 Å². The minimum Gasteiger partial charge on any atom is -0.493 e. The number of rotatable bonds is 5. The topological polar surface area (TPSA) is 59.6 Å². The maximum atomic E-state index is 12.5. The number of benzene rings is 1. The molecule has 1 aromatic rings.